The van der Waals surface area contributed by atoms with Gasteiger partial charge in [-0.3, -0.25) is 4.79 Å². The predicted molar refractivity (Wildman–Crippen MR) is 93.6 cm³/mol. The van der Waals surface area contributed by atoms with Crippen LogP contribution in [0, 0.1) is 5.82 Å². The third-order valence-electron chi connectivity index (χ3n) is 4.28. The largest absolute Gasteiger partial charge is 0.300 e. The molecule has 0 spiro atoms. The minimum absolute atomic E-state index is 0.0844. The summed E-state index contributed by atoms with van der Waals surface area (Å²) in [6, 6.07) is 4.92. The molecule has 25 heavy (non-hydrogen) atoms. The number of nitrogens with zero attached hydrogens (tertiary/aromatic N) is 2. The summed E-state index contributed by atoms with van der Waals surface area (Å²) in [5, 5.41) is 0.809. The third-order valence-corrected chi connectivity index (χ3v) is 7.35. The fraction of sp³-hybridized carbons (Fsp3) is 0.412. The van der Waals surface area contributed by atoms with Gasteiger partial charge in [0, 0.05) is 24.2 Å². The zero-order valence-electron chi connectivity index (χ0n) is 13.8. The fourth-order valence-corrected chi connectivity index (χ4v) is 5.57. The summed E-state index contributed by atoms with van der Waals surface area (Å²) in [4.78, 5) is 16.7. The molecule has 2 aromatic rings. The molecule has 2 heterocycles. The minimum atomic E-state index is -3.59. The molecule has 0 radical (unpaired) electrons. The Labute approximate surface area is 150 Å². The van der Waals surface area contributed by atoms with Gasteiger partial charge >= 0.3 is 0 Å². The van der Waals surface area contributed by atoms with Crippen LogP contribution in [0.2, 0.25) is 0 Å². The summed E-state index contributed by atoms with van der Waals surface area (Å²) in [5.41, 5.74) is 0. The van der Waals surface area contributed by atoms with E-state index in [0.717, 1.165) is 22.0 Å². The van der Waals surface area contributed by atoms with Gasteiger partial charge in [0.15, 0.2) is 0 Å². The fourth-order valence-electron chi connectivity index (χ4n) is 2.94. The first-order valence-electron chi connectivity index (χ1n) is 8.06. The number of carbonyl (C=O) groups excluding carboxylic acids is 1. The Bertz CT molecular complexity index is 854. The van der Waals surface area contributed by atoms with E-state index in [2.05, 4.69) is 4.98 Å². The minimum Gasteiger partial charge on any atom is -0.300 e. The summed E-state index contributed by atoms with van der Waals surface area (Å²) in [6.07, 6.45) is 3.57. The number of hydrogen-bond donors (Lipinski definition) is 0. The van der Waals surface area contributed by atoms with Crippen molar-refractivity contribution in [3.63, 3.8) is 0 Å². The molecule has 0 saturated carbocycles. The lowest BCUT2D eigenvalue weighted by Crippen LogP contribution is -2.37. The predicted octanol–water partition coefficient (Wildman–Crippen LogP) is 2.98. The highest BCUT2D eigenvalue weighted by molar-refractivity contribution is 7.89. The van der Waals surface area contributed by atoms with E-state index >= 15 is 0 Å². The molecule has 1 aliphatic heterocycles. The molecule has 1 saturated heterocycles. The SMILES string of the molecule is CC(=O)Cc1ncc(C2CCN(S(=O)(=O)c3ccc(F)cc3)CC2)s1. The van der Waals surface area contributed by atoms with Crippen LogP contribution in [-0.2, 0) is 21.2 Å². The Kier molecular flexibility index (Phi) is 5.31. The van der Waals surface area contributed by atoms with Crippen LogP contribution >= 0.6 is 11.3 Å². The smallest absolute Gasteiger partial charge is 0.243 e. The number of benzene rings is 1. The molecule has 1 aliphatic rings. The lowest BCUT2D eigenvalue weighted by Gasteiger charge is -2.30. The second-order valence-electron chi connectivity index (χ2n) is 6.17. The van der Waals surface area contributed by atoms with Crippen LogP contribution in [0.25, 0.3) is 0 Å². The number of sulfonamides is 1. The van der Waals surface area contributed by atoms with Crippen LogP contribution in [-0.4, -0.2) is 36.6 Å². The van der Waals surface area contributed by atoms with Crippen LogP contribution in [0.3, 0.4) is 0 Å². The van der Waals surface area contributed by atoms with Crippen LogP contribution in [0.4, 0.5) is 4.39 Å². The van der Waals surface area contributed by atoms with Crippen molar-refractivity contribution in [3.05, 3.63) is 46.2 Å². The first-order valence-corrected chi connectivity index (χ1v) is 10.3. The van der Waals surface area contributed by atoms with Gasteiger partial charge in [-0.2, -0.15) is 4.31 Å². The maximum Gasteiger partial charge on any atom is 0.243 e. The normalized spacial score (nSPS) is 16.9. The first kappa shape index (κ1) is 18.2. The van der Waals surface area contributed by atoms with E-state index in [0.29, 0.717) is 32.4 Å². The number of rotatable bonds is 5. The highest BCUT2D eigenvalue weighted by Gasteiger charge is 2.30. The van der Waals surface area contributed by atoms with Crippen LogP contribution in [0.1, 0.15) is 35.6 Å². The molecule has 8 heteroatoms. The molecule has 1 fully saturated rings. The first-order chi connectivity index (χ1) is 11.9. The van der Waals surface area contributed by atoms with E-state index in [-0.39, 0.29) is 16.6 Å². The van der Waals surface area contributed by atoms with E-state index in [9.17, 15) is 17.6 Å². The average molecular weight is 382 g/mol. The molecule has 3 rings (SSSR count). The lowest BCUT2D eigenvalue weighted by molar-refractivity contribution is -0.116. The van der Waals surface area contributed by atoms with Crippen LogP contribution in [0.5, 0.6) is 0 Å². The highest BCUT2D eigenvalue weighted by atomic mass is 32.2. The lowest BCUT2D eigenvalue weighted by atomic mass is 9.97. The molecular weight excluding hydrogens is 363 g/mol. The molecule has 0 unspecified atom stereocenters. The molecular formula is C17H19FN2O3S2. The van der Waals surface area contributed by atoms with Gasteiger partial charge in [-0.15, -0.1) is 11.3 Å². The van der Waals surface area contributed by atoms with Gasteiger partial charge in [-0.05, 0) is 49.9 Å². The van der Waals surface area contributed by atoms with Gasteiger partial charge in [0.05, 0.1) is 11.3 Å². The molecule has 5 nitrogen and oxygen atoms in total. The number of halogens is 1. The Morgan fingerprint density at radius 3 is 2.52 bits per heavy atom. The molecule has 0 amide bonds. The van der Waals surface area contributed by atoms with E-state index in [1.807, 2.05) is 0 Å². The Balaban J connectivity index is 1.66. The van der Waals surface area contributed by atoms with Crippen molar-refractivity contribution < 1.29 is 17.6 Å². The molecule has 134 valence electrons. The van der Waals surface area contributed by atoms with Gasteiger partial charge in [0.2, 0.25) is 10.0 Å². The highest BCUT2D eigenvalue weighted by Crippen LogP contribution is 2.33. The Hall–Kier alpha value is -1.64. The van der Waals surface area contributed by atoms with Gasteiger partial charge in [-0.1, -0.05) is 0 Å². The van der Waals surface area contributed by atoms with Crippen molar-refractivity contribution in [1.82, 2.24) is 9.29 Å². The molecule has 0 aliphatic carbocycles. The van der Waals surface area contributed by atoms with Crippen molar-refractivity contribution in [2.45, 2.75) is 37.0 Å². The number of ketones is 1. The number of piperidine rings is 1. The maximum atomic E-state index is 13.0. The van der Waals surface area contributed by atoms with Gasteiger partial charge in [-0.25, -0.2) is 17.8 Å². The summed E-state index contributed by atoms with van der Waals surface area (Å²) < 4.78 is 39.7. The Morgan fingerprint density at radius 2 is 1.92 bits per heavy atom. The number of hydrogen-bond acceptors (Lipinski definition) is 5. The van der Waals surface area contributed by atoms with Crippen LogP contribution in [0.15, 0.2) is 35.4 Å². The number of carbonyl (C=O) groups is 1. The summed E-state index contributed by atoms with van der Waals surface area (Å²) >= 11 is 1.53. The zero-order valence-corrected chi connectivity index (χ0v) is 15.4. The van der Waals surface area contributed by atoms with Crippen molar-refractivity contribution in [3.8, 4) is 0 Å². The van der Waals surface area contributed by atoms with E-state index < -0.39 is 15.8 Å². The second-order valence-corrected chi connectivity index (χ2v) is 9.25. The average Bonchev–Trinajstić information content (AvgIpc) is 3.03. The quantitative estimate of drug-likeness (QED) is 0.797. The number of Topliss-reactive ketones (excluding diaryl/α,β-unsaturated/α-hetero) is 1. The van der Waals surface area contributed by atoms with E-state index in [1.54, 1.807) is 13.1 Å². The van der Waals surface area contributed by atoms with E-state index in [1.165, 1.54) is 27.8 Å². The van der Waals surface area contributed by atoms with Gasteiger partial charge in [0.25, 0.3) is 0 Å². The van der Waals surface area contributed by atoms with E-state index in [4.69, 9.17) is 0 Å². The maximum absolute atomic E-state index is 13.0. The van der Waals surface area contributed by atoms with Crippen molar-refractivity contribution >= 4 is 27.1 Å². The van der Waals surface area contributed by atoms with Crippen molar-refractivity contribution in [2.75, 3.05) is 13.1 Å². The molecule has 0 N–H and O–H groups in total. The second kappa shape index (κ2) is 7.31. The number of aromatic nitrogens is 1. The standard InChI is InChI=1S/C17H19FN2O3S2/c1-12(21)10-17-19-11-16(24-17)13-6-8-20(9-7-13)25(22,23)15-4-2-14(18)3-5-15/h2-5,11,13H,6-10H2,1H3. The molecule has 0 bridgehead atoms. The van der Waals surface area contributed by atoms with Gasteiger partial charge in [0.1, 0.15) is 16.6 Å². The molecule has 0 atom stereocenters. The monoisotopic (exact) mass is 382 g/mol. The zero-order chi connectivity index (χ0) is 18.0. The summed E-state index contributed by atoms with van der Waals surface area (Å²) in [5.74, 6) is -0.108. The molecule has 1 aromatic carbocycles. The van der Waals surface area contributed by atoms with Gasteiger partial charge < -0.3 is 0 Å². The number of thiazole rings is 1. The third kappa shape index (κ3) is 4.13. The van der Waals surface area contributed by atoms with Crippen LogP contribution < -0.4 is 0 Å². The summed E-state index contributed by atoms with van der Waals surface area (Å²) in [7, 11) is -3.59. The molecule has 1 aromatic heterocycles. The van der Waals surface area contributed by atoms with Crippen molar-refractivity contribution in [2.24, 2.45) is 0 Å². The Morgan fingerprint density at radius 1 is 1.28 bits per heavy atom. The summed E-state index contributed by atoms with van der Waals surface area (Å²) in [6.45, 7) is 2.38. The van der Waals surface area contributed by atoms with Crippen molar-refractivity contribution in [1.29, 1.82) is 0 Å². The topological polar surface area (TPSA) is 67.3 Å².